The molecule has 0 N–H and O–H groups in total. The normalized spacial score (nSPS) is 22.7. The second kappa shape index (κ2) is 9.79. The largest absolute Gasteiger partial charge is 0.377 e. The summed E-state index contributed by atoms with van der Waals surface area (Å²) in [7, 11) is -1.08. The number of aryl methyl sites for hydroxylation is 1. The summed E-state index contributed by atoms with van der Waals surface area (Å²) in [6.45, 7) is 7.11. The lowest BCUT2D eigenvalue weighted by Gasteiger charge is -2.40. The summed E-state index contributed by atoms with van der Waals surface area (Å²) in [6.07, 6.45) is 1.48. The SMILES string of the molecule is Cc1ccc(S(=O)C[C@@H]2C[C@H](CCOCc3ccccc3)OC(C)(C)O2)cc1. The minimum Gasteiger partial charge on any atom is -0.377 e. The molecule has 1 aliphatic heterocycles. The Labute approximate surface area is 170 Å². The highest BCUT2D eigenvalue weighted by atomic mass is 32.2. The first-order valence-electron chi connectivity index (χ1n) is 9.84. The number of ether oxygens (including phenoxy) is 3. The van der Waals surface area contributed by atoms with Crippen molar-refractivity contribution in [3.05, 3.63) is 65.7 Å². The van der Waals surface area contributed by atoms with Crippen LogP contribution < -0.4 is 0 Å². The van der Waals surface area contributed by atoms with Gasteiger partial charge < -0.3 is 14.2 Å². The van der Waals surface area contributed by atoms with E-state index in [0.717, 1.165) is 17.7 Å². The predicted molar refractivity (Wildman–Crippen MR) is 112 cm³/mol. The van der Waals surface area contributed by atoms with E-state index in [2.05, 4.69) is 12.1 Å². The second-order valence-electron chi connectivity index (χ2n) is 7.77. The summed E-state index contributed by atoms with van der Waals surface area (Å²) in [4.78, 5) is 0.848. The molecule has 4 nitrogen and oxygen atoms in total. The third-order valence-corrected chi connectivity index (χ3v) is 6.22. The highest BCUT2D eigenvalue weighted by Gasteiger charge is 2.36. The second-order valence-corrected chi connectivity index (χ2v) is 9.26. The summed E-state index contributed by atoms with van der Waals surface area (Å²) in [5, 5.41) is 0. The van der Waals surface area contributed by atoms with Crippen LogP contribution in [0.15, 0.2) is 59.5 Å². The van der Waals surface area contributed by atoms with Gasteiger partial charge >= 0.3 is 0 Å². The Bertz CT molecular complexity index is 758. The number of hydrogen-bond acceptors (Lipinski definition) is 4. The lowest BCUT2D eigenvalue weighted by atomic mass is 10.1. The van der Waals surface area contributed by atoms with Gasteiger partial charge in [-0.05, 0) is 44.9 Å². The van der Waals surface area contributed by atoms with E-state index in [1.807, 2.05) is 63.2 Å². The van der Waals surface area contributed by atoms with Crippen LogP contribution in [0.4, 0.5) is 0 Å². The molecule has 152 valence electrons. The zero-order chi connectivity index (χ0) is 20.0. The molecule has 0 aliphatic carbocycles. The van der Waals surface area contributed by atoms with Gasteiger partial charge in [0.2, 0.25) is 0 Å². The molecule has 0 radical (unpaired) electrons. The van der Waals surface area contributed by atoms with E-state index in [9.17, 15) is 4.21 Å². The van der Waals surface area contributed by atoms with Gasteiger partial charge in [0.05, 0.1) is 35.4 Å². The highest BCUT2D eigenvalue weighted by molar-refractivity contribution is 7.85. The van der Waals surface area contributed by atoms with Gasteiger partial charge in [0.1, 0.15) is 0 Å². The van der Waals surface area contributed by atoms with E-state index >= 15 is 0 Å². The van der Waals surface area contributed by atoms with Gasteiger partial charge in [-0.2, -0.15) is 0 Å². The van der Waals surface area contributed by atoms with Crippen molar-refractivity contribution in [1.29, 1.82) is 0 Å². The van der Waals surface area contributed by atoms with Crippen molar-refractivity contribution in [2.24, 2.45) is 0 Å². The maximum Gasteiger partial charge on any atom is 0.163 e. The quantitative estimate of drug-likeness (QED) is 0.605. The molecule has 0 spiro atoms. The molecule has 5 heteroatoms. The van der Waals surface area contributed by atoms with Crippen LogP contribution in [-0.4, -0.2) is 34.6 Å². The first-order chi connectivity index (χ1) is 13.4. The van der Waals surface area contributed by atoms with E-state index in [-0.39, 0.29) is 12.2 Å². The first-order valence-corrected chi connectivity index (χ1v) is 11.2. The van der Waals surface area contributed by atoms with Crippen molar-refractivity contribution in [1.82, 2.24) is 0 Å². The van der Waals surface area contributed by atoms with Crippen molar-refractivity contribution in [2.75, 3.05) is 12.4 Å². The third kappa shape index (κ3) is 6.52. The van der Waals surface area contributed by atoms with Crippen LogP contribution in [-0.2, 0) is 31.6 Å². The lowest BCUT2D eigenvalue weighted by Crippen LogP contribution is -2.46. The maximum atomic E-state index is 12.7. The summed E-state index contributed by atoms with van der Waals surface area (Å²) in [5.41, 5.74) is 2.34. The molecule has 0 saturated carbocycles. The monoisotopic (exact) mass is 402 g/mol. The van der Waals surface area contributed by atoms with Gasteiger partial charge in [-0.3, -0.25) is 4.21 Å². The average Bonchev–Trinajstić information content (AvgIpc) is 2.65. The molecule has 1 aliphatic rings. The Hall–Kier alpha value is -1.53. The van der Waals surface area contributed by atoms with E-state index in [1.165, 1.54) is 11.1 Å². The Morgan fingerprint density at radius 2 is 1.71 bits per heavy atom. The van der Waals surface area contributed by atoms with Crippen LogP contribution in [0.3, 0.4) is 0 Å². The summed E-state index contributed by atoms with van der Waals surface area (Å²) in [6, 6.07) is 18.0. The minimum absolute atomic E-state index is 0.0412. The molecule has 1 saturated heterocycles. The molecule has 3 rings (SSSR count). The zero-order valence-electron chi connectivity index (χ0n) is 16.9. The van der Waals surface area contributed by atoms with Crippen molar-refractivity contribution < 1.29 is 18.4 Å². The van der Waals surface area contributed by atoms with E-state index in [1.54, 1.807) is 0 Å². The molecule has 0 aromatic heterocycles. The van der Waals surface area contributed by atoms with Gasteiger partial charge in [-0.15, -0.1) is 0 Å². The van der Waals surface area contributed by atoms with Gasteiger partial charge in [0, 0.05) is 17.9 Å². The Kier molecular flexibility index (Phi) is 7.41. The fraction of sp³-hybridized carbons (Fsp3) is 0.478. The van der Waals surface area contributed by atoms with Gasteiger partial charge in [0.15, 0.2) is 5.79 Å². The summed E-state index contributed by atoms with van der Waals surface area (Å²) in [5.74, 6) is -0.193. The van der Waals surface area contributed by atoms with Gasteiger partial charge in [-0.1, -0.05) is 48.0 Å². The van der Waals surface area contributed by atoms with Crippen LogP contribution >= 0.6 is 0 Å². The fourth-order valence-electron chi connectivity index (χ4n) is 3.43. The Morgan fingerprint density at radius 1 is 1.04 bits per heavy atom. The smallest absolute Gasteiger partial charge is 0.163 e. The third-order valence-electron chi connectivity index (χ3n) is 4.74. The van der Waals surface area contributed by atoms with Crippen molar-refractivity contribution in [2.45, 2.75) is 63.1 Å². The molecule has 2 aromatic carbocycles. The van der Waals surface area contributed by atoms with Crippen LogP contribution in [0, 0.1) is 6.92 Å². The van der Waals surface area contributed by atoms with Crippen molar-refractivity contribution in [3.8, 4) is 0 Å². The molecule has 1 heterocycles. The summed E-state index contributed by atoms with van der Waals surface area (Å²) < 4.78 is 30.6. The van der Waals surface area contributed by atoms with Crippen molar-refractivity contribution in [3.63, 3.8) is 0 Å². The Morgan fingerprint density at radius 3 is 2.43 bits per heavy atom. The zero-order valence-corrected chi connectivity index (χ0v) is 17.7. The summed E-state index contributed by atoms with van der Waals surface area (Å²) >= 11 is 0. The van der Waals surface area contributed by atoms with Crippen LogP contribution in [0.2, 0.25) is 0 Å². The van der Waals surface area contributed by atoms with E-state index in [4.69, 9.17) is 14.2 Å². The number of hydrogen-bond donors (Lipinski definition) is 0. The molecule has 1 fully saturated rings. The Balaban J connectivity index is 1.49. The lowest BCUT2D eigenvalue weighted by molar-refractivity contribution is -0.297. The van der Waals surface area contributed by atoms with Gasteiger partial charge in [-0.25, -0.2) is 0 Å². The van der Waals surface area contributed by atoms with Gasteiger partial charge in [0.25, 0.3) is 0 Å². The molecule has 3 atom stereocenters. The first kappa shape index (κ1) is 21.2. The number of rotatable bonds is 8. The molecule has 0 bridgehead atoms. The van der Waals surface area contributed by atoms with Crippen LogP contribution in [0.25, 0.3) is 0 Å². The molecule has 2 aromatic rings. The van der Waals surface area contributed by atoms with Crippen molar-refractivity contribution >= 4 is 10.8 Å². The molecule has 0 amide bonds. The molecule has 28 heavy (non-hydrogen) atoms. The highest BCUT2D eigenvalue weighted by Crippen LogP contribution is 2.29. The van der Waals surface area contributed by atoms with E-state index in [0.29, 0.717) is 19.0 Å². The molecule has 1 unspecified atom stereocenters. The minimum atomic E-state index is -1.08. The van der Waals surface area contributed by atoms with Crippen LogP contribution in [0.1, 0.15) is 37.8 Å². The fourth-order valence-corrected chi connectivity index (χ4v) is 4.61. The van der Waals surface area contributed by atoms with E-state index < -0.39 is 16.6 Å². The van der Waals surface area contributed by atoms with Crippen LogP contribution in [0.5, 0.6) is 0 Å². The maximum absolute atomic E-state index is 12.7. The molecular weight excluding hydrogens is 372 g/mol. The standard InChI is InChI=1S/C23H30O4S/c1-18-9-11-22(12-10-18)28(24)17-21-15-20(26-23(2,3)27-21)13-14-25-16-19-7-5-4-6-8-19/h4-12,20-21H,13-17H2,1-3H3/t20-,21-,28?/m0/s1. The predicted octanol–water partition coefficient (Wildman–Crippen LogP) is 4.62. The molecular formula is C23H30O4S. The average molecular weight is 403 g/mol. The number of benzene rings is 2. The topological polar surface area (TPSA) is 44.8 Å².